The number of benzene rings is 1. The lowest BCUT2D eigenvalue weighted by Gasteiger charge is -2.05. The summed E-state index contributed by atoms with van der Waals surface area (Å²) >= 11 is 0. The van der Waals surface area contributed by atoms with Gasteiger partial charge in [-0.15, -0.1) is 0 Å². The SMILES string of the molecule is Cc1cccc(NCC(=O)NN=Cc2ccncc2)c1. The zero-order chi connectivity index (χ0) is 14.2. The third-order valence-corrected chi connectivity index (χ3v) is 2.58. The standard InChI is InChI=1S/C15H16N4O/c1-12-3-2-4-14(9-12)17-11-15(20)19-18-10-13-5-7-16-8-6-13/h2-10,17H,11H2,1H3,(H,19,20). The Morgan fingerprint density at radius 1 is 1.30 bits per heavy atom. The predicted molar refractivity (Wildman–Crippen MR) is 79.6 cm³/mol. The summed E-state index contributed by atoms with van der Waals surface area (Å²) in [6.07, 6.45) is 4.91. The van der Waals surface area contributed by atoms with Gasteiger partial charge in [-0.25, -0.2) is 5.43 Å². The van der Waals surface area contributed by atoms with Crippen LogP contribution in [0, 0.1) is 6.92 Å². The Hall–Kier alpha value is -2.69. The molecule has 0 aliphatic heterocycles. The number of anilines is 1. The molecule has 2 rings (SSSR count). The monoisotopic (exact) mass is 268 g/mol. The van der Waals surface area contributed by atoms with Crippen LogP contribution in [0.1, 0.15) is 11.1 Å². The van der Waals surface area contributed by atoms with Crippen molar-refractivity contribution in [2.75, 3.05) is 11.9 Å². The van der Waals surface area contributed by atoms with E-state index in [1.165, 1.54) is 0 Å². The van der Waals surface area contributed by atoms with E-state index in [1.54, 1.807) is 30.7 Å². The van der Waals surface area contributed by atoms with Crippen LogP contribution in [0.5, 0.6) is 0 Å². The zero-order valence-electron chi connectivity index (χ0n) is 11.2. The predicted octanol–water partition coefficient (Wildman–Crippen LogP) is 1.95. The van der Waals surface area contributed by atoms with E-state index in [9.17, 15) is 4.79 Å². The molecule has 1 aromatic carbocycles. The molecular weight excluding hydrogens is 252 g/mol. The molecule has 1 aromatic heterocycles. The van der Waals surface area contributed by atoms with Gasteiger partial charge >= 0.3 is 0 Å². The molecule has 0 spiro atoms. The topological polar surface area (TPSA) is 66.4 Å². The summed E-state index contributed by atoms with van der Waals surface area (Å²) in [5.74, 6) is -0.197. The van der Waals surface area contributed by atoms with Crippen molar-refractivity contribution in [3.8, 4) is 0 Å². The Labute approximate surface area is 117 Å². The second kappa shape index (κ2) is 7.04. The summed E-state index contributed by atoms with van der Waals surface area (Å²) in [6, 6.07) is 11.5. The number of nitrogens with one attached hydrogen (secondary N) is 2. The lowest BCUT2D eigenvalue weighted by molar-refractivity contribution is -0.119. The molecule has 0 bridgehead atoms. The Balaban J connectivity index is 1.77. The van der Waals surface area contributed by atoms with Gasteiger partial charge in [-0.3, -0.25) is 9.78 Å². The number of rotatable bonds is 5. The van der Waals surface area contributed by atoms with Crippen LogP contribution in [0.15, 0.2) is 53.9 Å². The first kappa shape index (κ1) is 13.7. The van der Waals surface area contributed by atoms with E-state index in [4.69, 9.17) is 0 Å². The molecule has 0 atom stereocenters. The molecule has 0 radical (unpaired) electrons. The van der Waals surface area contributed by atoms with E-state index in [1.807, 2.05) is 31.2 Å². The molecule has 0 aliphatic rings. The summed E-state index contributed by atoms with van der Waals surface area (Å²) < 4.78 is 0. The number of hydrogen-bond acceptors (Lipinski definition) is 4. The number of nitrogens with zero attached hydrogens (tertiary/aromatic N) is 2. The molecule has 2 N–H and O–H groups in total. The average molecular weight is 268 g/mol. The first-order chi connectivity index (χ1) is 9.74. The molecule has 0 saturated heterocycles. The Morgan fingerprint density at radius 3 is 2.85 bits per heavy atom. The Morgan fingerprint density at radius 2 is 2.10 bits per heavy atom. The van der Waals surface area contributed by atoms with E-state index >= 15 is 0 Å². The van der Waals surface area contributed by atoms with Crippen molar-refractivity contribution in [2.24, 2.45) is 5.10 Å². The lowest BCUT2D eigenvalue weighted by Crippen LogP contribution is -2.25. The molecule has 0 aliphatic carbocycles. The van der Waals surface area contributed by atoms with Gasteiger partial charge in [-0.2, -0.15) is 5.10 Å². The number of aryl methyl sites for hydroxylation is 1. The summed E-state index contributed by atoms with van der Waals surface area (Å²) in [6.45, 7) is 2.18. The van der Waals surface area contributed by atoms with Crippen molar-refractivity contribution in [1.29, 1.82) is 0 Å². The minimum Gasteiger partial charge on any atom is -0.376 e. The fraction of sp³-hybridized carbons (Fsp3) is 0.133. The second-order valence-corrected chi connectivity index (χ2v) is 4.30. The van der Waals surface area contributed by atoms with E-state index in [-0.39, 0.29) is 12.5 Å². The minimum atomic E-state index is -0.197. The smallest absolute Gasteiger partial charge is 0.259 e. The molecule has 1 heterocycles. The maximum Gasteiger partial charge on any atom is 0.259 e. The maximum atomic E-state index is 11.6. The second-order valence-electron chi connectivity index (χ2n) is 4.30. The molecule has 1 amide bonds. The minimum absolute atomic E-state index is 0.178. The molecule has 5 heteroatoms. The summed E-state index contributed by atoms with van der Waals surface area (Å²) in [7, 11) is 0. The summed E-state index contributed by atoms with van der Waals surface area (Å²) in [5.41, 5.74) is 5.40. The third kappa shape index (κ3) is 4.53. The number of hydrogen-bond donors (Lipinski definition) is 2. The van der Waals surface area contributed by atoms with Crippen molar-refractivity contribution in [3.63, 3.8) is 0 Å². The summed E-state index contributed by atoms with van der Waals surface area (Å²) in [4.78, 5) is 15.5. The van der Waals surface area contributed by atoms with Crippen molar-refractivity contribution >= 4 is 17.8 Å². The first-order valence-corrected chi connectivity index (χ1v) is 6.26. The average Bonchev–Trinajstić information content (AvgIpc) is 2.46. The first-order valence-electron chi connectivity index (χ1n) is 6.26. The molecule has 2 aromatic rings. The highest BCUT2D eigenvalue weighted by Crippen LogP contribution is 2.08. The van der Waals surface area contributed by atoms with E-state index in [0.717, 1.165) is 16.8 Å². The zero-order valence-corrected chi connectivity index (χ0v) is 11.2. The van der Waals surface area contributed by atoms with Gasteiger partial charge in [0.25, 0.3) is 5.91 Å². The van der Waals surface area contributed by atoms with Gasteiger partial charge in [0, 0.05) is 18.1 Å². The van der Waals surface area contributed by atoms with Gasteiger partial charge in [-0.1, -0.05) is 12.1 Å². The van der Waals surface area contributed by atoms with Crippen molar-refractivity contribution < 1.29 is 4.79 Å². The molecule has 102 valence electrons. The van der Waals surface area contributed by atoms with Crippen LogP contribution in [-0.2, 0) is 4.79 Å². The number of aromatic nitrogens is 1. The van der Waals surface area contributed by atoms with Crippen molar-refractivity contribution in [3.05, 3.63) is 59.9 Å². The molecule has 0 saturated carbocycles. The number of carbonyl (C=O) groups is 1. The Bertz CT molecular complexity index is 596. The maximum absolute atomic E-state index is 11.6. The third-order valence-electron chi connectivity index (χ3n) is 2.58. The van der Waals surface area contributed by atoms with Crippen LogP contribution in [0.4, 0.5) is 5.69 Å². The highest BCUT2D eigenvalue weighted by molar-refractivity contribution is 5.84. The number of carbonyl (C=O) groups excluding carboxylic acids is 1. The number of amides is 1. The molecule has 5 nitrogen and oxygen atoms in total. The summed E-state index contributed by atoms with van der Waals surface area (Å²) in [5, 5.41) is 6.92. The molecule has 20 heavy (non-hydrogen) atoms. The van der Waals surface area contributed by atoms with Crippen molar-refractivity contribution in [1.82, 2.24) is 10.4 Å². The van der Waals surface area contributed by atoms with Crippen LogP contribution in [-0.4, -0.2) is 23.7 Å². The van der Waals surface area contributed by atoms with E-state index < -0.39 is 0 Å². The highest BCUT2D eigenvalue weighted by Gasteiger charge is 1.99. The van der Waals surface area contributed by atoms with Crippen LogP contribution in [0.2, 0.25) is 0 Å². The van der Waals surface area contributed by atoms with Gasteiger partial charge in [0.05, 0.1) is 12.8 Å². The van der Waals surface area contributed by atoms with Gasteiger partial charge in [0.1, 0.15) is 0 Å². The fourth-order valence-corrected chi connectivity index (χ4v) is 1.61. The van der Waals surface area contributed by atoms with Crippen molar-refractivity contribution in [2.45, 2.75) is 6.92 Å². The van der Waals surface area contributed by atoms with Gasteiger partial charge in [0.2, 0.25) is 0 Å². The van der Waals surface area contributed by atoms with E-state index in [2.05, 4.69) is 20.8 Å². The molecule has 0 unspecified atom stereocenters. The van der Waals surface area contributed by atoms with Gasteiger partial charge < -0.3 is 5.32 Å². The van der Waals surface area contributed by atoms with E-state index in [0.29, 0.717) is 0 Å². The van der Waals surface area contributed by atoms with Gasteiger partial charge in [-0.05, 0) is 42.3 Å². The van der Waals surface area contributed by atoms with Crippen LogP contribution >= 0.6 is 0 Å². The van der Waals surface area contributed by atoms with Gasteiger partial charge in [0.15, 0.2) is 0 Å². The quantitative estimate of drug-likeness (QED) is 0.643. The molecular formula is C15H16N4O. The normalized spacial score (nSPS) is 10.4. The lowest BCUT2D eigenvalue weighted by atomic mass is 10.2. The molecule has 0 fully saturated rings. The highest BCUT2D eigenvalue weighted by atomic mass is 16.2. The number of hydrazone groups is 1. The van der Waals surface area contributed by atoms with Crippen LogP contribution in [0.25, 0.3) is 0 Å². The fourth-order valence-electron chi connectivity index (χ4n) is 1.61. The Kier molecular flexibility index (Phi) is 4.83. The largest absolute Gasteiger partial charge is 0.376 e. The van der Waals surface area contributed by atoms with Crippen LogP contribution in [0.3, 0.4) is 0 Å². The van der Waals surface area contributed by atoms with Crippen LogP contribution < -0.4 is 10.7 Å². The number of pyridine rings is 1.